The van der Waals surface area contributed by atoms with E-state index in [0.29, 0.717) is 25.3 Å². The van der Waals surface area contributed by atoms with Gasteiger partial charge in [0.25, 0.3) is 0 Å². The Morgan fingerprint density at radius 3 is 2.35 bits per heavy atom. The van der Waals surface area contributed by atoms with E-state index < -0.39 is 0 Å². The third-order valence-corrected chi connectivity index (χ3v) is 3.76. The summed E-state index contributed by atoms with van der Waals surface area (Å²) in [6.45, 7) is 7.36. The van der Waals surface area contributed by atoms with E-state index in [1.807, 2.05) is 18.2 Å². The maximum Gasteiger partial charge on any atom is 0.415 e. The maximum absolute atomic E-state index is 12.1. The van der Waals surface area contributed by atoms with E-state index in [-0.39, 0.29) is 23.5 Å². The fourth-order valence-electron chi connectivity index (χ4n) is 2.62. The molecule has 1 aliphatic heterocycles. The van der Waals surface area contributed by atoms with Crippen LogP contribution in [0.1, 0.15) is 40.0 Å². The lowest BCUT2D eigenvalue weighted by Crippen LogP contribution is -2.47. The van der Waals surface area contributed by atoms with Gasteiger partial charge in [0, 0.05) is 25.6 Å². The number of ether oxygens (including phenoxy) is 1. The van der Waals surface area contributed by atoms with Crippen molar-refractivity contribution in [1.29, 1.82) is 0 Å². The Morgan fingerprint density at radius 1 is 1.17 bits per heavy atom. The summed E-state index contributed by atoms with van der Waals surface area (Å²) in [7, 11) is 0. The molecule has 5 heteroatoms. The Morgan fingerprint density at radius 2 is 1.78 bits per heavy atom. The van der Waals surface area contributed by atoms with Gasteiger partial charge in [0.2, 0.25) is 5.91 Å². The third-order valence-electron chi connectivity index (χ3n) is 3.76. The van der Waals surface area contributed by atoms with Crippen molar-refractivity contribution in [1.82, 2.24) is 10.2 Å². The van der Waals surface area contributed by atoms with Crippen LogP contribution in [-0.4, -0.2) is 36.0 Å². The summed E-state index contributed by atoms with van der Waals surface area (Å²) in [5, 5.41) is 3.07. The van der Waals surface area contributed by atoms with Crippen molar-refractivity contribution in [3.63, 3.8) is 0 Å². The number of nitrogens with zero attached hydrogens (tertiary/aromatic N) is 1. The lowest BCUT2D eigenvalue weighted by molar-refractivity contribution is -0.123. The first-order valence-corrected chi connectivity index (χ1v) is 8.15. The summed E-state index contributed by atoms with van der Waals surface area (Å²) >= 11 is 0. The van der Waals surface area contributed by atoms with E-state index >= 15 is 0 Å². The monoisotopic (exact) mass is 318 g/mol. The zero-order valence-corrected chi connectivity index (χ0v) is 14.2. The van der Waals surface area contributed by atoms with Crippen LogP contribution in [0.3, 0.4) is 0 Å². The molecule has 1 aromatic carbocycles. The molecule has 1 N–H and O–H groups in total. The van der Waals surface area contributed by atoms with Crippen LogP contribution in [-0.2, 0) is 4.79 Å². The summed E-state index contributed by atoms with van der Waals surface area (Å²) in [6.07, 6.45) is 1.72. The molecule has 0 unspecified atom stereocenters. The first-order chi connectivity index (χ1) is 10.8. The molecule has 0 saturated carbocycles. The van der Waals surface area contributed by atoms with Crippen molar-refractivity contribution >= 4 is 12.0 Å². The normalized spacial score (nSPS) is 16.0. The minimum atomic E-state index is -0.323. The van der Waals surface area contributed by atoms with Crippen molar-refractivity contribution in [2.24, 2.45) is 5.41 Å². The maximum atomic E-state index is 12.1. The molecule has 1 aliphatic rings. The SMILES string of the molecule is CC(C)(C)CC(=O)NC1CCN(C(=O)Oc2ccccc2)CC1. The first-order valence-electron chi connectivity index (χ1n) is 8.15. The third kappa shape index (κ3) is 5.93. The number of nitrogens with one attached hydrogen (secondary N) is 1. The number of amides is 2. The molecule has 0 bridgehead atoms. The molecule has 0 aromatic heterocycles. The molecule has 1 fully saturated rings. The molecule has 2 rings (SSSR count). The minimum Gasteiger partial charge on any atom is -0.410 e. The van der Waals surface area contributed by atoms with Gasteiger partial charge in [-0.3, -0.25) is 4.79 Å². The van der Waals surface area contributed by atoms with E-state index in [1.165, 1.54) is 0 Å². The fraction of sp³-hybridized carbons (Fsp3) is 0.556. The van der Waals surface area contributed by atoms with Gasteiger partial charge in [0.05, 0.1) is 0 Å². The molecule has 0 spiro atoms. The lowest BCUT2D eigenvalue weighted by atomic mass is 9.91. The fourth-order valence-corrected chi connectivity index (χ4v) is 2.62. The van der Waals surface area contributed by atoms with Crippen LogP contribution in [0.4, 0.5) is 4.79 Å². The Kier molecular flexibility index (Phi) is 5.64. The zero-order valence-electron chi connectivity index (χ0n) is 14.2. The average Bonchev–Trinajstić information content (AvgIpc) is 2.47. The Hall–Kier alpha value is -2.04. The highest BCUT2D eigenvalue weighted by Gasteiger charge is 2.26. The van der Waals surface area contributed by atoms with Crippen molar-refractivity contribution in [3.8, 4) is 5.75 Å². The molecule has 0 aliphatic carbocycles. The van der Waals surface area contributed by atoms with Crippen molar-refractivity contribution < 1.29 is 14.3 Å². The Labute approximate surface area is 138 Å². The highest BCUT2D eigenvalue weighted by atomic mass is 16.6. The number of carbonyl (C=O) groups excluding carboxylic acids is 2. The van der Waals surface area contributed by atoms with Gasteiger partial charge in [-0.25, -0.2) is 4.79 Å². The molecule has 23 heavy (non-hydrogen) atoms. The van der Waals surface area contributed by atoms with Gasteiger partial charge >= 0.3 is 6.09 Å². The van der Waals surface area contributed by atoms with Crippen molar-refractivity contribution in [2.75, 3.05) is 13.1 Å². The van der Waals surface area contributed by atoms with E-state index in [1.54, 1.807) is 17.0 Å². The van der Waals surface area contributed by atoms with Crippen LogP contribution in [0, 0.1) is 5.41 Å². The number of likely N-dealkylation sites (tertiary alicyclic amines) is 1. The summed E-state index contributed by atoms with van der Waals surface area (Å²) in [6, 6.07) is 9.21. The van der Waals surface area contributed by atoms with Crippen molar-refractivity contribution in [3.05, 3.63) is 30.3 Å². The zero-order chi connectivity index (χ0) is 16.9. The smallest absolute Gasteiger partial charge is 0.410 e. The van der Waals surface area contributed by atoms with Gasteiger partial charge in [0.1, 0.15) is 5.75 Å². The number of piperidine rings is 1. The molecule has 1 aromatic rings. The van der Waals surface area contributed by atoms with Gasteiger partial charge in [0.15, 0.2) is 0 Å². The molecule has 126 valence electrons. The average molecular weight is 318 g/mol. The van der Waals surface area contributed by atoms with E-state index in [9.17, 15) is 9.59 Å². The standard InChI is InChI=1S/C18H26N2O3/c1-18(2,3)13-16(21)19-14-9-11-20(12-10-14)17(22)23-15-7-5-4-6-8-15/h4-8,14H,9-13H2,1-3H3,(H,19,21). The Balaban J connectivity index is 1.75. The van der Waals surface area contributed by atoms with Gasteiger partial charge in [-0.15, -0.1) is 0 Å². The minimum absolute atomic E-state index is 0.00965. The second-order valence-corrected chi connectivity index (χ2v) is 7.25. The molecule has 2 amide bonds. The second-order valence-electron chi connectivity index (χ2n) is 7.25. The number of hydrogen-bond donors (Lipinski definition) is 1. The van der Waals surface area contributed by atoms with Gasteiger partial charge in [-0.1, -0.05) is 39.0 Å². The van der Waals surface area contributed by atoms with Crippen LogP contribution in [0.25, 0.3) is 0 Å². The Bertz CT molecular complexity index is 529. The van der Waals surface area contributed by atoms with Crippen LogP contribution >= 0.6 is 0 Å². The first kappa shape index (κ1) is 17.3. The van der Waals surface area contributed by atoms with Gasteiger partial charge in [-0.05, 0) is 30.4 Å². The number of para-hydroxylation sites is 1. The van der Waals surface area contributed by atoms with Gasteiger partial charge in [-0.2, -0.15) is 0 Å². The molecule has 1 heterocycles. The quantitative estimate of drug-likeness (QED) is 0.931. The lowest BCUT2D eigenvalue weighted by Gasteiger charge is -2.32. The van der Waals surface area contributed by atoms with Crippen LogP contribution < -0.4 is 10.1 Å². The number of rotatable bonds is 3. The van der Waals surface area contributed by atoms with E-state index in [4.69, 9.17) is 4.74 Å². The number of carbonyl (C=O) groups is 2. The predicted octanol–water partition coefficient (Wildman–Crippen LogP) is 3.20. The second kappa shape index (κ2) is 7.49. The van der Waals surface area contributed by atoms with Crippen LogP contribution in [0.15, 0.2) is 30.3 Å². The number of hydrogen-bond acceptors (Lipinski definition) is 3. The predicted molar refractivity (Wildman–Crippen MR) is 89.3 cm³/mol. The molecule has 5 nitrogen and oxygen atoms in total. The van der Waals surface area contributed by atoms with Gasteiger partial charge < -0.3 is 15.0 Å². The highest BCUT2D eigenvalue weighted by molar-refractivity contribution is 5.77. The summed E-state index contributed by atoms with van der Waals surface area (Å²) < 4.78 is 5.34. The summed E-state index contributed by atoms with van der Waals surface area (Å²) in [5.41, 5.74) is -0.00965. The van der Waals surface area contributed by atoms with Crippen molar-refractivity contribution in [2.45, 2.75) is 46.1 Å². The largest absolute Gasteiger partial charge is 0.415 e. The highest BCUT2D eigenvalue weighted by Crippen LogP contribution is 2.19. The van der Waals surface area contributed by atoms with E-state index in [0.717, 1.165) is 12.8 Å². The molecule has 0 radical (unpaired) electrons. The molecular weight excluding hydrogens is 292 g/mol. The topological polar surface area (TPSA) is 58.6 Å². The summed E-state index contributed by atoms with van der Waals surface area (Å²) in [4.78, 5) is 25.8. The molecular formula is C18H26N2O3. The molecule has 1 saturated heterocycles. The van der Waals surface area contributed by atoms with E-state index in [2.05, 4.69) is 26.1 Å². The summed E-state index contributed by atoms with van der Waals surface area (Å²) in [5.74, 6) is 0.640. The number of benzene rings is 1. The van der Waals surface area contributed by atoms with Crippen LogP contribution in [0.5, 0.6) is 5.75 Å². The molecule has 0 atom stereocenters. The van der Waals surface area contributed by atoms with Crippen LogP contribution in [0.2, 0.25) is 0 Å².